The van der Waals surface area contributed by atoms with E-state index in [0.717, 1.165) is 0 Å². The van der Waals surface area contributed by atoms with Crippen molar-refractivity contribution in [2.75, 3.05) is 6.54 Å². The van der Waals surface area contributed by atoms with Gasteiger partial charge in [-0.2, -0.15) is 4.98 Å². The average Bonchev–Trinajstić information content (AvgIpc) is 2.55. The first-order valence-corrected chi connectivity index (χ1v) is 4.56. The molecule has 0 fully saturated rings. The van der Waals surface area contributed by atoms with E-state index in [4.69, 9.17) is 5.73 Å². The van der Waals surface area contributed by atoms with Crippen molar-refractivity contribution in [2.45, 2.75) is 27.2 Å². The maximum absolute atomic E-state index is 5.78. The first-order chi connectivity index (χ1) is 6.50. The van der Waals surface area contributed by atoms with E-state index in [0.29, 0.717) is 24.6 Å². The van der Waals surface area contributed by atoms with Crippen LogP contribution in [0.4, 0.5) is 0 Å². The maximum Gasteiger partial charge on any atom is 0.213 e. The van der Waals surface area contributed by atoms with E-state index < -0.39 is 0 Å². The summed E-state index contributed by atoms with van der Waals surface area (Å²) in [7, 11) is 0. The molecular formula is C9H16N4O. The van der Waals surface area contributed by atoms with Crippen molar-refractivity contribution in [3.63, 3.8) is 0 Å². The fraction of sp³-hybridized carbons (Fsp3) is 0.667. The highest BCUT2D eigenvalue weighted by atomic mass is 16.5. The molecule has 1 heterocycles. The Balaban J connectivity index is 2.41. The van der Waals surface area contributed by atoms with Gasteiger partial charge in [-0.1, -0.05) is 25.9 Å². The number of nitrogens with two attached hydrogens (primary N) is 1. The molecule has 5 heteroatoms. The monoisotopic (exact) mass is 196 g/mol. The van der Waals surface area contributed by atoms with Crippen molar-refractivity contribution in [1.82, 2.24) is 10.1 Å². The molecule has 0 unspecified atom stereocenters. The SMILES string of the molecule is CC(C)(C)C(N)=NCCc1ncon1. The van der Waals surface area contributed by atoms with Gasteiger partial charge in [0.05, 0.1) is 5.84 Å². The predicted octanol–water partition coefficient (Wildman–Crippen LogP) is 1.02. The predicted molar refractivity (Wildman–Crippen MR) is 53.9 cm³/mol. The van der Waals surface area contributed by atoms with Gasteiger partial charge in [0.2, 0.25) is 6.39 Å². The molecule has 0 aliphatic heterocycles. The van der Waals surface area contributed by atoms with Crippen LogP contribution < -0.4 is 5.73 Å². The summed E-state index contributed by atoms with van der Waals surface area (Å²) in [6, 6.07) is 0. The highest BCUT2D eigenvalue weighted by Crippen LogP contribution is 2.12. The molecule has 0 aliphatic rings. The molecule has 0 amide bonds. The molecule has 14 heavy (non-hydrogen) atoms. The molecule has 1 aromatic heterocycles. The highest BCUT2D eigenvalue weighted by molar-refractivity contribution is 5.85. The number of amidine groups is 1. The Kier molecular flexibility index (Phi) is 3.22. The minimum atomic E-state index is -0.0722. The summed E-state index contributed by atoms with van der Waals surface area (Å²) < 4.78 is 4.60. The van der Waals surface area contributed by atoms with Crippen molar-refractivity contribution >= 4 is 5.84 Å². The molecule has 0 saturated carbocycles. The van der Waals surface area contributed by atoms with Gasteiger partial charge in [0, 0.05) is 18.4 Å². The van der Waals surface area contributed by atoms with Crippen molar-refractivity contribution < 1.29 is 4.52 Å². The smallest absolute Gasteiger partial charge is 0.213 e. The fourth-order valence-corrected chi connectivity index (χ4v) is 0.816. The van der Waals surface area contributed by atoms with Gasteiger partial charge in [0.25, 0.3) is 0 Å². The highest BCUT2D eigenvalue weighted by Gasteiger charge is 2.14. The first kappa shape index (κ1) is 10.7. The molecule has 78 valence electrons. The van der Waals surface area contributed by atoms with Crippen LogP contribution in [0.15, 0.2) is 15.9 Å². The molecule has 0 saturated heterocycles. The number of hydrogen-bond acceptors (Lipinski definition) is 4. The zero-order valence-corrected chi connectivity index (χ0v) is 8.82. The molecule has 2 N–H and O–H groups in total. The molecule has 0 bridgehead atoms. The van der Waals surface area contributed by atoms with Crippen LogP contribution >= 0.6 is 0 Å². The summed E-state index contributed by atoms with van der Waals surface area (Å²) in [6.45, 7) is 6.68. The van der Waals surface area contributed by atoms with Crippen LogP contribution in [0.2, 0.25) is 0 Å². The van der Waals surface area contributed by atoms with Gasteiger partial charge in [-0.15, -0.1) is 0 Å². The van der Waals surface area contributed by atoms with E-state index in [9.17, 15) is 0 Å². The second-order valence-electron chi connectivity index (χ2n) is 4.11. The zero-order valence-electron chi connectivity index (χ0n) is 8.82. The topological polar surface area (TPSA) is 77.3 Å². The molecule has 0 radical (unpaired) electrons. The van der Waals surface area contributed by atoms with Gasteiger partial charge >= 0.3 is 0 Å². The van der Waals surface area contributed by atoms with Gasteiger partial charge in [0.15, 0.2) is 5.82 Å². The van der Waals surface area contributed by atoms with Crippen LogP contribution in [0.5, 0.6) is 0 Å². The van der Waals surface area contributed by atoms with Crippen LogP contribution in [0.3, 0.4) is 0 Å². The first-order valence-electron chi connectivity index (χ1n) is 4.56. The largest absolute Gasteiger partial charge is 0.387 e. The van der Waals surface area contributed by atoms with E-state index in [1.54, 1.807) is 0 Å². The molecule has 0 aromatic carbocycles. The van der Waals surface area contributed by atoms with Crippen LogP contribution in [-0.4, -0.2) is 22.5 Å². The number of hydrogen-bond donors (Lipinski definition) is 1. The molecule has 0 spiro atoms. The summed E-state index contributed by atoms with van der Waals surface area (Å²) >= 11 is 0. The lowest BCUT2D eigenvalue weighted by Crippen LogP contribution is -2.29. The van der Waals surface area contributed by atoms with E-state index in [1.165, 1.54) is 6.39 Å². The summed E-state index contributed by atoms with van der Waals surface area (Å²) in [5.74, 6) is 1.32. The van der Waals surface area contributed by atoms with Crippen molar-refractivity contribution in [1.29, 1.82) is 0 Å². The Hall–Kier alpha value is -1.39. The fourth-order valence-electron chi connectivity index (χ4n) is 0.816. The van der Waals surface area contributed by atoms with E-state index >= 15 is 0 Å². The lowest BCUT2D eigenvalue weighted by molar-refractivity contribution is 0.410. The Labute approximate surface area is 83.4 Å². The second-order valence-corrected chi connectivity index (χ2v) is 4.11. The summed E-state index contributed by atoms with van der Waals surface area (Å²) in [5, 5.41) is 3.68. The molecular weight excluding hydrogens is 180 g/mol. The molecule has 1 aromatic rings. The lowest BCUT2D eigenvalue weighted by Gasteiger charge is -2.16. The van der Waals surface area contributed by atoms with Crippen LogP contribution in [0.1, 0.15) is 26.6 Å². The van der Waals surface area contributed by atoms with Gasteiger partial charge in [-0.05, 0) is 0 Å². The summed E-state index contributed by atoms with van der Waals surface area (Å²) in [6.07, 6.45) is 1.97. The number of aliphatic imine (C=N–C) groups is 1. The Morgan fingerprint density at radius 1 is 1.57 bits per heavy atom. The van der Waals surface area contributed by atoms with Gasteiger partial charge < -0.3 is 10.3 Å². The third kappa shape index (κ3) is 3.16. The average molecular weight is 196 g/mol. The van der Waals surface area contributed by atoms with Gasteiger partial charge in [-0.25, -0.2) is 0 Å². The number of nitrogens with zero attached hydrogens (tertiary/aromatic N) is 3. The van der Waals surface area contributed by atoms with Crippen molar-refractivity contribution in [2.24, 2.45) is 16.1 Å². The maximum atomic E-state index is 5.78. The minimum Gasteiger partial charge on any atom is -0.387 e. The standard InChI is InChI=1S/C9H16N4O/c1-9(2,3)8(10)11-5-4-7-12-6-14-13-7/h6H,4-5H2,1-3H3,(H2,10,11). The Morgan fingerprint density at radius 3 is 2.79 bits per heavy atom. The third-order valence-electron chi connectivity index (χ3n) is 1.79. The molecule has 0 aliphatic carbocycles. The van der Waals surface area contributed by atoms with Gasteiger partial charge in [-0.3, -0.25) is 4.99 Å². The molecule has 1 rings (SSSR count). The van der Waals surface area contributed by atoms with Crippen LogP contribution in [0.25, 0.3) is 0 Å². The second kappa shape index (κ2) is 4.21. The summed E-state index contributed by atoms with van der Waals surface area (Å²) in [5.41, 5.74) is 5.70. The summed E-state index contributed by atoms with van der Waals surface area (Å²) in [4.78, 5) is 8.13. The number of aromatic nitrogens is 2. The molecule has 5 nitrogen and oxygen atoms in total. The normalized spacial score (nSPS) is 13.2. The van der Waals surface area contributed by atoms with Crippen LogP contribution in [0, 0.1) is 5.41 Å². The lowest BCUT2D eigenvalue weighted by atomic mass is 9.95. The quantitative estimate of drug-likeness (QED) is 0.578. The Bertz CT molecular complexity index is 297. The van der Waals surface area contributed by atoms with E-state index in [-0.39, 0.29) is 5.41 Å². The van der Waals surface area contributed by atoms with Crippen molar-refractivity contribution in [3.8, 4) is 0 Å². The van der Waals surface area contributed by atoms with E-state index in [1.807, 2.05) is 20.8 Å². The van der Waals surface area contributed by atoms with Gasteiger partial charge in [0.1, 0.15) is 0 Å². The number of rotatable bonds is 3. The third-order valence-corrected chi connectivity index (χ3v) is 1.79. The molecule has 0 atom stereocenters. The van der Waals surface area contributed by atoms with Crippen molar-refractivity contribution in [3.05, 3.63) is 12.2 Å². The minimum absolute atomic E-state index is 0.0722. The van der Waals surface area contributed by atoms with E-state index in [2.05, 4.69) is 19.7 Å². The van der Waals surface area contributed by atoms with Crippen LogP contribution in [-0.2, 0) is 6.42 Å². The Morgan fingerprint density at radius 2 is 2.29 bits per heavy atom. The zero-order chi connectivity index (χ0) is 10.6.